The van der Waals surface area contributed by atoms with Crippen LogP contribution in [-0.4, -0.2) is 46.3 Å². The van der Waals surface area contributed by atoms with E-state index in [0.717, 1.165) is 30.8 Å². The van der Waals surface area contributed by atoms with Crippen LogP contribution >= 0.6 is 0 Å². The van der Waals surface area contributed by atoms with Gasteiger partial charge in [-0.25, -0.2) is 0 Å². The minimum atomic E-state index is -0.443. The molecule has 4 aromatic rings. The van der Waals surface area contributed by atoms with E-state index in [1.165, 1.54) is 18.2 Å². The van der Waals surface area contributed by atoms with Gasteiger partial charge in [0.1, 0.15) is 17.2 Å². The number of Topliss-reactive ketones (excluding diaryl/α,β-unsaturated/α-hetero) is 1. The van der Waals surface area contributed by atoms with Gasteiger partial charge in [-0.2, -0.15) is 0 Å². The Labute approximate surface area is 266 Å². The maximum atomic E-state index is 13.5. The van der Waals surface area contributed by atoms with E-state index >= 15 is 0 Å². The topological polar surface area (TPSA) is 98.8 Å². The number of rotatable bonds is 9. The van der Waals surface area contributed by atoms with E-state index in [4.69, 9.17) is 33.2 Å². The highest BCUT2D eigenvalue weighted by Gasteiger charge is 2.39. The van der Waals surface area contributed by atoms with E-state index in [1.807, 2.05) is 30.3 Å². The number of hydrogen-bond donors (Lipinski definition) is 0. The maximum absolute atomic E-state index is 13.5. The largest absolute Gasteiger partial charge is 0.493 e. The van der Waals surface area contributed by atoms with Crippen LogP contribution in [0.3, 0.4) is 0 Å². The third-order valence-electron chi connectivity index (χ3n) is 8.49. The highest BCUT2D eigenvalue weighted by molar-refractivity contribution is 6.15. The molecular formula is C37H32O9. The van der Waals surface area contributed by atoms with Gasteiger partial charge in [-0.1, -0.05) is 30.3 Å². The Morgan fingerprint density at radius 2 is 1.70 bits per heavy atom. The lowest BCUT2D eigenvalue weighted by Crippen LogP contribution is -2.21. The van der Waals surface area contributed by atoms with Crippen molar-refractivity contribution in [3.63, 3.8) is 0 Å². The first-order valence-electron chi connectivity index (χ1n) is 15.1. The van der Waals surface area contributed by atoms with Gasteiger partial charge in [-0.3, -0.25) is 9.59 Å². The van der Waals surface area contributed by atoms with Gasteiger partial charge in [0.25, 0.3) is 0 Å². The number of ether oxygens (including phenoxy) is 7. The smallest absolute Gasteiger partial charge is 0.312 e. The molecule has 9 heteroatoms. The molecule has 3 aliphatic heterocycles. The fraction of sp³-hybridized carbons (Fsp3) is 0.243. The lowest BCUT2D eigenvalue weighted by Gasteiger charge is -2.26. The van der Waals surface area contributed by atoms with E-state index in [0.29, 0.717) is 57.8 Å². The first kappa shape index (κ1) is 29.3. The highest BCUT2D eigenvalue weighted by Crippen LogP contribution is 2.50. The maximum Gasteiger partial charge on any atom is 0.312 e. The molecule has 7 rings (SSSR count). The predicted molar refractivity (Wildman–Crippen MR) is 169 cm³/mol. The quantitative estimate of drug-likeness (QED) is 0.121. The van der Waals surface area contributed by atoms with Crippen LogP contribution in [0.4, 0.5) is 0 Å². The van der Waals surface area contributed by atoms with Crippen molar-refractivity contribution in [2.75, 3.05) is 34.5 Å². The number of para-hydroxylation sites is 1. The number of benzene rings is 4. The van der Waals surface area contributed by atoms with Crippen LogP contribution in [-0.2, 0) is 17.6 Å². The molecule has 3 heterocycles. The van der Waals surface area contributed by atoms with E-state index in [1.54, 1.807) is 44.6 Å². The van der Waals surface area contributed by atoms with Crippen molar-refractivity contribution in [2.45, 2.75) is 25.2 Å². The van der Waals surface area contributed by atoms with Crippen LogP contribution in [0, 0.1) is 0 Å². The van der Waals surface area contributed by atoms with Crippen molar-refractivity contribution in [3.05, 3.63) is 106 Å². The van der Waals surface area contributed by atoms with Crippen molar-refractivity contribution >= 4 is 17.8 Å². The molecule has 0 saturated heterocycles. The van der Waals surface area contributed by atoms with Crippen LogP contribution in [0.25, 0.3) is 6.08 Å². The van der Waals surface area contributed by atoms with E-state index < -0.39 is 5.92 Å². The lowest BCUT2D eigenvalue weighted by molar-refractivity contribution is -0.135. The van der Waals surface area contributed by atoms with E-state index in [-0.39, 0.29) is 23.9 Å². The van der Waals surface area contributed by atoms with Crippen LogP contribution in [0.2, 0.25) is 0 Å². The van der Waals surface area contributed by atoms with Crippen molar-refractivity contribution in [3.8, 4) is 40.2 Å². The number of carbonyl (C=O) groups excluding carboxylic acids is 2. The van der Waals surface area contributed by atoms with Crippen molar-refractivity contribution < 1.29 is 42.7 Å². The molecule has 3 aliphatic rings. The summed E-state index contributed by atoms with van der Waals surface area (Å²) < 4.78 is 40.3. The van der Waals surface area contributed by atoms with Gasteiger partial charge in [-0.15, -0.1) is 0 Å². The van der Waals surface area contributed by atoms with E-state index in [2.05, 4.69) is 12.1 Å². The fourth-order valence-electron chi connectivity index (χ4n) is 6.25. The summed E-state index contributed by atoms with van der Waals surface area (Å²) in [5.41, 5.74) is 4.85. The minimum absolute atomic E-state index is 0.0646. The molecule has 46 heavy (non-hydrogen) atoms. The third kappa shape index (κ3) is 5.27. The fourth-order valence-corrected chi connectivity index (χ4v) is 6.25. The first-order chi connectivity index (χ1) is 22.5. The van der Waals surface area contributed by atoms with Crippen molar-refractivity contribution in [2.24, 2.45) is 0 Å². The molecule has 0 fully saturated rings. The van der Waals surface area contributed by atoms with Gasteiger partial charge in [0.2, 0.25) is 5.78 Å². The van der Waals surface area contributed by atoms with Gasteiger partial charge in [-0.05, 0) is 59.2 Å². The van der Waals surface area contributed by atoms with E-state index in [9.17, 15) is 9.59 Å². The third-order valence-corrected chi connectivity index (χ3v) is 8.49. The summed E-state index contributed by atoms with van der Waals surface area (Å²) in [5, 5.41) is 0. The second-order valence-corrected chi connectivity index (χ2v) is 11.2. The Balaban J connectivity index is 1.16. The normalized spacial score (nSPS) is 16.9. The second kappa shape index (κ2) is 12.2. The molecule has 0 amide bonds. The molecule has 0 bridgehead atoms. The van der Waals surface area contributed by atoms with Crippen molar-refractivity contribution in [1.29, 1.82) is 0 Å². The zero-order valence-corrected chi connectivity index (χ0v) is 25.7. The van der Waals surface area contributed by atoms with Gasteiger partial charge in [0, 0.05) is 29.9 Å². The standard InChI is InChI=1S/C37H32O9/c1-40-30-6-4-5-24(36(30)42-3)19-32-35(39)25-9-12-29-34(37(25)46-32)26(20-33(38)45-29)22-8-11-28(31(18-22)41-2)44-15-13-21-7-10-27-23(17-21)14-16-43-27/h4-12,17-19,26H,13-16,20H2,1-3H3. The Kier molecular flexibility index (Phi) is 7.74. The summed E-state index contributed by atoms with van der Waals surface area (Å²) in [7, 11) is 4.67. The number of hydrogen-bond acceptors (Lipinski definition) is 9. The number of allylic oxidation sites excluding steroid dienone is 1. The van der Waals surface area contributed by atoms with Crippen LogP contribution < -0.4 is 33.2 Å². The van der Waals surface area contributed by atoms with Gasteiger partial charge in [0.15, 0.2) is 28.8 Å². The molecule has 0 aromatic heterocycles. The SMILES string of the molecule is COc1cc(C2CC(=O)Oc3ccc4c(c32)OC(=Cc2cccc(OC)c2OC)C4=O)ccc1OCCc1ccc2c(c1)CCO2. The molecule has 0 spiro atoms. The Morgan fingerprint density at radius 3 is 2.52 bits per heavy atom. The predicted octanol–water partition coefficient (Wildman–Crippen LogP) is 6.33. The molecule has 4 aromatic carbocycles. The number of carbonyl (C=O) groups is 2. The summed E-state index contributed by atoms with van der Waals surface area (Å²) in [4.78, 5) is 26.3. The molecule has 1 unspecified atom stereocenters. The van der Waals surface area contributed by atoms with Gasteiger partial charge < -0.3 is 33.2 Å². The molecule has 0 N–H and O–H groups in total. The minimum Gasteiger partial charge on any atom is -0.493 e. The molecule has 9 nitrogen and oxygen atoms in total. The average molecular weight is 621 g/mol. The van der Waals surface area contributed by atoms with Crippen LogP contribution in [0.15, 0.2) is 72.5 Å². The van der Waals surface area contributed by atoms with Gasteiger partial charge in [0.05, 0.1) is 46.5 Å². The van der Waals surface area contributed by atoms with Gasteiger partial charge >= 0.3 is 5.97 Å². The first-order valence-corrected chi connectivity index (χ1v) is 15.1. The highest BCUT2D eigenvalue weighted by atomic mass is 16.5. The number of methoxy groups -OCH3 is 3. The zero-order valence-electron chi connectivity index (χ0n) is 25.7. The summed E-state index contributed by atoms with van der Waals surface area (Å²) in [6.45, 7) is 1.19. The van der Waals surface area contributed by atoms with Crippen molar-refractivity contribution in [1.82, 2.24) is 0 Å². The number of ketones is 1. The summed E-state index contributed by atoms with van der Waals surface area (Å²) in [6.07, 6.45) is 3.35. The molecule has 1 atom stereocenters. The Bertz CT molecular complexity index is 1890. The number of fused-ring (bicyclic) bond motifs is 4. The molecule has 0 saturated carbocycles. The summed E-state index contributed by atoms with van der Waals surface area (Å²) in [6, 6.07) is 20.5. The Hall–Kier alpha value is -5.44. The molecule has 0 aliphatic carbocycles. The second-order valence-electron chi connectivity index (χ2n) is 11.2. The van der Waals surface area contributed by atoms with Crippen LogP contribution in [0.1, 0.15) is 50.5 Å². The molecular weight excluding hydrogens is 588 g/mol. The summed E-state index contributed by atoms with van der Waals surface area (Å²) in [5.74, 6) is 2.85. The number of esters is 1. The molecule has 234 valence electrons. The molecule has 0 radical (unpaired) electrons. The Morgan fingerprint density at radius 1 is 0.848 bits per heavy atom. The average Bonchev–Trinajstić information content (AvgIpc) is 3.67. The monoisotopic (exact) mass is 620 g/mol. The lowest BCUT2D eigenvalue weighted by atomic mass is 9.84. The summed E-state index contributed by atoms with van der Waals surface area (Å²) >= 11 is 0. The van der Waals surface area contributed by atoms with Crippen LogP contribution in [0.5, 0.6) is 40.2 Å². The zero-order chi connectivity index (χ0) is 31.8.